The van der Waals surface area contributed by atoms with Crippen LogP contribution in [-0.4, -0.2) is 47.1 Å². The summed E-state index contributed by atoms with van der Waals surface area (Å²) in [6.45, 7) is 2.65. The zero-order chi connectivity index (χ0) is 22.5. The first-order chi connectivity index (χ1) is 15.5. The van der Waals surface area contributed by atoms with Gasteiger partial charge in [0.2, 0.25) is 11.8 Å². The smallest absolute Gasteiger partial charge is 0.230 e. The molecule has 2 fully saturated rings. The molecule has 2 amide bonds. The van der Waals surface area contributed by atoms with Crippen LogP contribution in [0.4, 0.5) is 4.39 Å². The van der Waals surface area contributed by atoms with Gasteiger partial charge in [-0.3, -0.25) is 19.8 Å². The van der Waals surface area contributed by atoms with Crippen LogP contribution in [0.1, 0.15) is 17.5 Å². The fourth-order valence-electron chi connectivity index (χ4n) is 4.05. The van der Waals surface area contributed by atoms with Crippen LogP contribution in [0.2, 0.25) is 5.02 Å². The zero-order valence-electron chi connectivity index (χ0n) is 17.5. The molecule has 2 saturated heterocycles. The molecule has 0 saturated carbocycles. The number of hydrogen-bond donors (Lipinski definition) is 3. The molecule has 0 aliphatic carbocycles. The van der Waals surface area contributed by atoms with Gasteiger partial charge in [-0.25, -0.2) is 4.39 Å². The Hall–Kier alpha value is -2.13. The Morgan fingerprint density at radius 2 is 1.88 bits per heavy atom. The van der Waals surface area contributed by atoms with E-state index in [1.54, 1.807) is 24.3 Å². The summed E-state index contributed by atoms with van der Waals surface area (Å²) in [6, 6.07) is 13.9. The van der Waals surface area contributed by atoms with Crippen molar-refractivity contribution in [1.29, 1.82) is 0 Å². The molecule has 3 unspecified atom stereocenters. The van der Waals surface area contributed by atoms with E-state index in [1.165, 1.54) is 23.9 Å². The van der Waals surface area contributed by atoms with Crippen molar-refractivity contribution in [2.75, 3.05) is 18.8 Å². The molecule has 2 heterocycles. The molecule has 4 rings (SSSR count). The first-order valence-electron chi connectivity index (χ1n) is 10.6. The maximum absolute atomic E-state index is 13.1. The number of amides is 2. The second-order valence-corrected chi connectivity index (χ2v) is 9.66. The molecular formula is C23H26ClFN4O2S. The van der Waals surface area contributed by atoms with E-state index >= 15 is 0 Å². The van der Waals surface area contributed by atoms with Gasteiger partial charge in [-0.15, -0.1) is 11.8 Å². The summed E-state index contributed by atoms with van der Waals surface area (Å²) in [5, 5.41) is 10.0. The molecule has 3 N–H and O–H groups in total. The topological polar surface area (TPSA) is 73.5 Å². The number of nitrogens with zero attached hydrogens (tertiary/aromatic N) is 1. The minimum Gasteiger partial charge on any atom is -0.351 e. The lowest BCUT2D eigenvalue weighted by atomic mass is 9.89. The molecule has 6 nitrogen and oxygen atoms in total. The van der Waals surface area contributed by atoms with E-state index in [1.807, 2.05) is 12.1 Å². The molecule has 2 aromatic rings. The van der Waals surface area contributed by atoms with Gasteiger partial charge in [0.05, 0.1) is 11.7 Å². The molecule has 9 heteroatoms. The van der Waals surface area contributed by atoms with E-state index in [0.29, 0.717) is 24.7 Å². The Morgan fingerprint density at radius 3 is 2.62 bits per heavy atom. The molecule has 2 aromatic carbocycles. The molecule has 170 valence electrons. The average Bonchev–Trinajstić information content (AvgIpc) is 2.79. The Labute approximate surface area is 196 Å². The highest BCUT2D eigenvalue weighted by molar-refractivity contribution is 8.00. The van der Waals surface area contributed by atoms with Gasteiger partial charge in [0, 0.05) is 37.2 Å². The van der Waals surface area contributed by atoms with E-state index in [9.17, 15) is 14.0 Å². The molecule has 0 spiro atoms. The van der Waals surface area contributed by atoms with Gasteiger partial charge >= 0.3 is 0 Å². The number of thioether (sulfide) groups is 1. The normalized spacial score (nSPS) is 23.3. The van der Waals surface area contributed by atoms with Crippen molar-refractivity contribution in [1.82, 2.24) is 20.9 Å². The highest BCUT2D eigenvalue weighted by Gasteiger charge is 2.39. The van der Waals surface area contributed by atoms with Gasteiger partial charge in [-0.2, -0.15) is 0 Å². The zero-order valence-corrected chi connectivity index (χ0v) is 19.1. The summed E-state index contributed by atoms with van der Waals surface area (Å²) in [5.41, 5.74) is 1.73. The molecule has 0 aromatic heterocycles. The number of benzene rings is 2. The van der Waals surface area contributed by atoms with Gasteiger partial charge in [0.25, 0.3) is 0 Å². The van der Waals surface area contributed by atoms with Gasteiger partial charge < -0.3 is 10.6 Å². The van der Waals surface area contributed by atoms with Crippen LogP contribution < -0.4 is 16.0 Å². The number of nitrogens with one attached hydrogen (secondary N) is 3. The van der Waals surface area contributed by atoms with Crippen LogP contribution in [0.3, 0.4) is 0 Å². The fourth-order valence-corrected chi connectivity index (χ4v) is 5.07. The number of halogens is 2. The number of rotatable bonds is 7. The van der Waals surface area contributed by atoms with E-state index in [4.69, 9.17) is 11.6 Å². The van der Waals surface area contributed by atoms with E-state index < -0.39 is 0 Å². The Balaban J connectivity index is 1.21. The largest absolute Gasteiger partial charge is 0.351 e. The maximum Gasteiger partial charge on any atom is 0.230 e. The van der Waals surface area contributed by atoms with Crippen LogP contribution in [0.15, 0.2) is 48.5 Å². The lowest BCUT2D eigenvalue weighted by molar-refractivity contribution is -0.130. The van der Waals surface area contributed by atoms with Gasteiger partial charge in [-0.05, 0) is 41.8 Å². The van der Waals surface area contributed by atoms with E-state index in [0.717, 1.165) is 24.1 Å². The van der Waals surface area contributed by atoms with Gasteiger partial charge in [-0.1, -0.05) is 35.9 Å². The molecule has 2 aliphatic rings. The first kappa shape index (κ1) is 23.0. The molecule has 2 aliphatic heterocycles. The summed E-state index contributed by atoms with van der Waals surface area (Å²) in [6.07, 6.45) is 0.846. The van der Waals surface area contributed by atoms with Crippen LogP contribution in [0.5, 0.6) is 0 Å². The number of carbonyl (C=O) groups excluding carboxylic acids is 2. The van der Waals surface area contributed by atoms with Gasteiger partial charge in [0.15, 0.2) is 0 Å². The van der Waals surface area contributed by atoms with Crippen molar-refractivity contribution in [2.24, 2.45) is 5.92 Å². The third kappa shape index (κ3) is 6.22. The first-order valence-corrected chi connectivity index (χ1v) is 12.0. The molecule has 32 heavy (non-hydrogen) atoms. The molecule has 0 radical (unpaired) electrons. The minimum atomic E-state index is -0.284. The number of piperidine rings is 1. The van der Waals surface area contributed by atoms with Crippen LogP contribution in [0, 0.1) is 11.7 Å². The average molecular weight is 477 g/mol. The lowest BCUT2D eigenvalue weighted by Crippen LogP contribution is -2.64. The Bertz CT molecular complexity index is 944. The highest BCUT2D eigenvalue weighted by atomic mass is 35.5. The second-order valence-electron chi connectivity index (χ2n) is 8.13. The third-order valence-electron chi connectivity index (χ3n) is 5.78. The number of carbonyl (C=O) groups is 2. The van der Waals surface area contributed by atoms with E-state index in [2.05, 4.69) is 20.9 Å². The standard InChI is InChI=1S/C23H26ClFN4O2S/c24-17-5-1-15(2-6-17)11-26-21(30)14-32-23-27-20-9-10-29(13-19(20)22(31)28-23)12-16-3-7-18(25)8-4-16/h1-8,19-20,23,27H,9-14H2,(H,26,30)(H,28,31). The summed E-state index contributed by atoms with van der Waals surface area (Å²) in [7, 11) is 0. The second kappa shape index (κ2) is 10.7. The van der Waals surface area contributed by atoms with Crippen molar-refractivity contribution >= 4 is 35.2 Å². The highest BCUT2D eigenvalue weighted by Crippen LogP contribution is 2.25. The maximum atomic E-state index is 13.1. The Morgan fingerprint density at radius 1 is 1.16 bits per heavy atom. The predicted molar refractivity (Wildman–Crippen MR) is 124 cm³/mol. The predicted octanol–water partition coefficient (Wildman–Crippen LogP) is 2.72. The van der Waals surface area contributed by atoms with Crippen molar-refractivity contribution in [3.8, 4) is 0 Å². The van der Waals surface area contributed by atoms with Crippen molar-refractivity contribution in [3.63, 3.8) is 0 Å². The van der Waals surface area contributed by atoms with Crippen molar-refractivity contribution in [2.45, 2.75) is 31.0 Å². The van der Waals surface area contributed by atoms with Crippen molar-refractivity contribution in [3.05, 3.63) is 70.5 Å². The summed E-state index contributed by atoms with van der Waals surface area (Å²) < 4.78 is 13.1. The summed E-state index contributed by atoms with van der Waals surface area (Å²) in [5.74, 6) is -0.209. The van der Waals surface area contributed by atoms with Crippen molar-refractivity contribution < 1.29 is 14.0 Å². The SMILES string of the molecule is O=C(CSC1NC(=O)C2CN(Cc3ccc(F)cc3)CCC2N1)NCc1ccc(Cl)cc1. The number of likely N-dealkylation sites (tertiary alicyclic amines) is 1. The fraction of sp³-hybridized carbons (Fsp3) is 0.391. The van der Waals surface area contributed by atoms with Crippen LogP contribution in [0.25, 0.3) is 0 Å². The summed E-state index contributed by atoms with van der Waals surface area (Å²) in [4.78, 5) is 27.1. The number of hydrogen-bond acceptors (Lipinski definition) is 5. The molecule has 3 atom stereocenters. The van der Waals surface area contributed by atoms with Crippen LogP contribution >= 0.6 is 23.4 Å². The molecular weight excluding hydrogens is 451 g/mol. The van der Waals surface area contributed by atoms with E-state index in [-0.39, 0.29) is 40.8 Å². The summed E-state index contributed by atoms with van der Waals surface area (Å²) >= 11 is 7.25. The molecule has 0 bridgehead atoms. The monoisotopic (exact) mass is 476 g/mol. The lowest BCUT2D eigenvalue weighted by Gasteiger charge is -2.43. The van der Waals surface area contributed by atoms with Crippen LogP contribution in [-0.2, 0) is 22.7 Å². The van der Waals surface area contributed by atoms with Gasteiger partial charge in [0.1, 0.15) is 11.3 Å². The minimum absolute atomic E-state index is 0.0108. The third-order valence-corrected chi connectivity index (χ3v) is 7.04. The Kier molecular flexibility index (Phi) is 7.67. The quantitative estimate of drug-likeness (QED) is 0.573. The number of fused-ring (bicyclic) bond motifs is 1.